The molecule has 0 heterocycles. The molecule has 0 spiro atoms. The smallest absolute Gasteiger partial charge is 0.00891 e. The number of hydrogen-bond acceptors (Lipinski definition) is 2. The highest BCUT2D eigenvalue weighted by Gasteiger charge is 2.13. The van der Waals surface area contributed by atoms with Gasteiger partial charge in [0.25, 0.3) is 0 Å². The third-order valence-corrected chi connectivity index (χ3v) is 4.79. The van der Waals surface area contributed by atoms with Gasteiger partial charge in [-0.15, -0.1) is 0 Å². The first-order valence-corrected chi connectivity index (χ1v) is 10.0. The lowest BCUT2D eigenvalue weighted by Gasteiger charge is -2.27. The molecule has 1 rings (SSSR count). The summed E-state index contributed by atoms with van der Waals surface area (Å²) in [6.45, 7) is 10.8. The number of unbranched alkanes of at least 4 members (excludes halogenated alkanes) is 3. The highest BCUT2D eigenvalue weighted by atomic mass is 15.1. The van der Waals surface area contributed by atoms with Gasteiger partial charge in [-0.1, -0.05) is 59.3 Å². The summed E-state index contributed by atoms with van der Waals surface area (Å²) in [4.78, 5) is 5.00. The molecule has 0 unspecified atom stereocenters. The van der Waals surface area contributed by atoms with Crippen molar-refractivity contribution in [1.82, 2.24) is 9.80 Å². The summed E-state index contributed by atoms with van der Waals surface area (Å²) in [7, 11) is 4.38. The minimum atomic E-state index is 0.888. The molecule has 0 amide bonds. The monoisotopic (exact) mass is 312 g/mol. The fourth-order valence-electron chi connectivity index (χ4n) is 3.08. The van der Waals surface area contributed by atoms with E-state index in [0.29, 0.717) is 0 Å². The molecular weight excluding hydrogens is 268 g/mol. The van der Waals surface area contributed by atoms with Gasteiger partial charge in [0.05, 0.1) is 0 Å². The van der Waals surface area contributed by atoms with Gasteiger partial charge in [0.1, 0.15) is 0 Å². The van der Waals surface area contributed by atoms with E-state index in [9.17, 15) is 0 Å². The van der Waals surface area contributed by atoms with E-state index in [-0.39, 0.29) is 0 Å². The van der Waals surface area contributed by atoms with Gasteiger partial charge in [-0.2, -0.15) is 0 Å². The minimum absolute atomic E-state index is 0.888. The molecule has 0 aliphatic heterocycles. The highest BCUT2D eigenvalue weighted by molar-refractivity contribution is 4.70. The van der Waals surface area contributed by atoms with Crippen molar-refractivity contribution in [2.75, 3.05) is 33.7 Å². The molecule has 1 saturated carbocycles. The quantitative estimate of drug-likeness (QED) is 0.520. The van der Waals surface area contributed by atoms with Crippen LogP contribution in [0, 0.1) is 0 Å². The van der Waals surface area contributed by atoms with Crippen molar-refractivity contribution in [2.45, 2.75) is 97.4 Å². The summed E-state index contributed by atoms with van der Waals surface area (Å²) in [6.07, 6.45) is 15.3. The molecule has 2 nitrogen and oxygen atoms in total. The second-order valence-corrected chi connectivity index (χ2v) is 7.16. The van der Waals surface area contributed by atoms with E-state index < -0.39 is 0 Å². The molecule has 0 aromatic rings. The minimum Gasteiger partial charge on any atom is -0.306 e. The highest BCUT2D eigenvalue weighted by Crippen LogP contribution is 2.20. The van der Waals surface area contributed by atoms with Gasteiger partial charge in [-0.05, 0) is 65.8 Å². The summed E-state index contributed by atoms with van der Waals surface area (Å²) in [5.74, 6) is 0. The van der Waals surface area contributed by atoms with E-state index in [1.165, 1.54) is 90.3 Å². The van der Waals surface area contributed by atoms with Crippen molar-refractivity contribution in [2.24, 2.45) is 0 Å². The first-order chi connectivity index (χ1) is 10.7. The van der Waals surface area contributed by atoms with E-state index in [2.05, 4.69) is 44.7 Å². The maximum absolute atomic E-state index is 2.64. The molecule has 0 aromatic carbocycles. The van der Waals surface area contributed by atoms with Crippen LogP contribution in [0.2, 0.25) is 0 Å². The van der Waals surface area contributed by atoms with Crippen molar-refractivity contribution in [1.29, 1.82) is 0 Å². The molecule has 2 heteroatoms. The van der Waals surface area contributed by atoms with Gasteiger partial charge in [0.15, 0.2) is 0 Å². The molecule has 0 atom stereocenters. The SMILES string of the molecule is CCCCN(CCCC)CCCC.CN(C)C1CCCCC1. The Bertz CT molecular complexity index is 191. The lowest BCUT2D eigenvalue weighted by atomic mass is 9.95. The van der Waals surface area contributed by atoms with Gasteiger partial charge < -0.3 is 9.80 Å². The van der Waals surface area contributed by atoms with Gasteiger partial charge in [-0.3, -0.25) is 0 Å². The van der Waals surface area contributed by atoms with Crippen molar-refractivity contribution >= 4 is 0 Å². The molecule has 22 heavy (non-hydrogen) atoms. The standard InChI is InChI=1S/C12H27N.C8H17N/c1-4-7-10-13(11-8-5-2)12-9-6-3;1-9(2)8-6-4-3-5-7-8/h4-12H2,1-3H3;8H,3-7H2,1-2H3. The number of hydrogen-bond donors (Lipinski definition) is 0. The van der Waals surface area contributed by atoms with Crippen molar-refractivity contribution in [3.8, 4) is 0 Å². The molecule has 1 aliphatic carbocycles. The largest absolute Gasteiger partial charge is 0.306 e. The van der Waals surface area contributed by atoms with E-state index in [4.69, 9.17) is 0 Å². The molecule has 0 radical (unpaired) electrons. The van der Waals surface area contributed by atoms with Crippen LogP contribution in [0.15, 0.2) is 0 Å². The van der Waals surface area contributed by atoms with E-state index in [1.54, 1.807) is 0 Å². The first-order valence-electron chi connectivity index (χ1n) is 10.0. The topological polar surface area (TPSA) is 6.48 Å². The van der Waals surface area contributed by atoms with Gasteiger partial charge >= 0.3 is 0 Å². The third-order valence-electron chi connectivity index (χ3n) is 4.79. The lowest BCUT2D eigenvalue weighted by molar-refractivity contribution is 0.229. The summed E-state index contributed by atoms with van der Waals surface area (Å²) in [5, 5.41) is 0. The van der Waals surface area contributed by atoms with Crippen LogP contribution in [0.5, 0.6) is 0 Å². The number of rotatable bonds is 10. The summed E-state index contributed by atoms with van der Waals surface area (Å²) in [5.41, 5.74) is 0. The second kappa shape index (κ2) is 15.8. The van der Waals surface area contributed by atoms with Crippen LogP contribution in [0.25, 0.3) is 0 Å². The second-order valence-electron chi connectivity index (χ2n) is 7.16. The molecule has 0 bridgehead atoms. The predicted octanol–water partition coefficient (Wildman–Crippen LogP) is 5.57. The van der Waals surface area contributed by atoms with E-state index in [0.717, 1.165) is 6.04 Å². The molecule has 1 aliphatic rings. The normalized spacial score (nSPS) is 16.0. The first kappa shape index (κ1) is 21.9. The third kappa shape index (κ3) is 12.5. The van der Waals surface area contributed by atoms with Crippen LogP contribution in [0.3, 0.4) is 0 Å². The van der Waals surface area contributed by atoms with Crippen LogP contribution in [0.1, 0.15) is 91.4 Å². The maximum Gasteiger partial charge on any atom is 0.00891 e. The van der Waals surface area contributed by atoms with Crippen LogP contribution < -0.4 is 0 Å². The Morgan fingerprint density at radius 1 is 0.682 bits per heavy atom. The zero-order valence-electron chi connectivity index (χ0n) is 16.4. The molecule has 134 valence electrons. The molecule has 0 aromatic heterocycles. The van der Waals surface area contributed by atoms with E-state index in [1.807, 2.05) is 0 Å². The van der Waals surface area contributed by atoms with Gasteiger partial charge in [-0.25, -0.2) is 0 Å². The van der Waals surface area contributed by atoms with Crippen LogP contribution in [-0.2, 0) is 0 Å². The molecule has 0 N–H and O–H groups in total. The summed E-state index contributed by atoms with van der Waals surface area (Å²) in [6, 6.07) is 0.888. The Kier molecular flexibility index (Phi) is 15.7. The van der Waals surface area contributed by atoms with Crippen LogP contribution in [-0.4, -0.2) is 49.6 Å². The average Bonchev–Trinajstić information content (AvgIpc) is 2.55. The number of nitrogens with zero attached hydrogens (tertiary/aromatic N) is 2. The van der Waals surface area contributed by atoms with Crippen LogP contribution in [0.4, 0.5) is 0 Å². The summed E-state index contributed by atoms with van der Waals surface area (Å²) < 4.78 is 0. The van der Waals surface area contributed by atoms with E-state index >= 15 is 0 Å². The summed E-state index contributed by atoms with van der Waals surface area (Å²) >= 11 is 0. The fraction of sp³-hybridized carbons (Fsp3) is 1.00. The average molecular weight is 313 g/mol. The van der Waals surface area contributed by atoms with Crippen LogP contribution >= 0.6 is 0 Å². The zero-order chi connectivity index (χ0) is 16.6. The maximum atomic E-state index is 2.64. The molecule has 0 saturated heterocycles. The fourth-order valence-corrected chi connectivity index (χ4v) is 3.08. The predicted molar refractivity (Wildman–Crippen MR) is 102 cm³/mol. The van der Waals surface area contributed by atoms with Crippen molar-refractivity contribution in [3.05, 3.63) is 0 Å². The Morgan fingerprint density at radius 2 is 1.09 bits per heavy atom. The Morgan fingerprint density at radius 3 is 1.36 bits per heavy atom. The molecular formula is C20H44N2. The Hall–Kier alpha value is -0.0800. The Labute approximate surface area is 141 Å². The molecule has 1 fully saturated rings. The zero-order valence-corrected chi connectivity index (χ0v) is 16.4. The van der Waals surface area contributed by atoms with Crippen molar-refractivity contribution < 1.29 is 0 Å². The Balaban J connectivity index is 0.000000425. The van der Waals surface area contributed by atoms with Crippen molar-refractivity contribution in [3.63, 3.8) is 0 Å². The van der Waals surface area contributed by atoms with Gasteiger partial charge in [0, 0.05) is 6.04 Å². The lowest BCUT2D eigenvalue weighted by Crippen LogP contribution is -2.29. The van der Waals surface area contributed by atoms with Gasteiger partial charge in [0.2, 0.25) is 0 Å².